The highest BCUT2D eigenvalue weighted by Gasteiger charge is 2.16. The Labute approximate surface area is 223 Å². The zero-order chi connectivity index (χ0) is 25.8. The predicted molar refractivity (Wildman–Crippen MR) is 151 cm³/mol. The lowest BCUT2D eigenvalue weighted by atomic mass is 10.0. The van der Waals surface area contributed by atoms with Crippen LogP contribution in [-0.4, -0.2) is 28.9 Å². The number of aryl methyl sites for hydroxylation is 1. The molecular formula is C30H25NO4S2. The Balaban J connectivity index is 1.44. The van der Waals surface area contributed by atoms with Gasteiger partial charge in [0.2, 0.25) is 0 Å². The smallest absolute Gasteiger partial charge is 0.341 e. The van der Waals surface area contributed by atoms with Crippen molar-refractivity contribution in [3.63, 3.8) is 0 Å². The van der Waals surface area contributed by atoms with Gasteiger partial charge < -0.3 is 14.6 Å². The van der Waals surface area contributed by atoms with E-state index in [1.165, 1.54) is 15.7 Å². The summed E-state index contributed by atoms with van der Waals surface area (Å²) in [5.74, 6) is 0.191. The molecule has 186 valence electrons. The van der Waals surface area contributed by atoms with Gasteiger partial charge in [-0.25, -0.2) is 9.78 Å². The molecular weight excluding hydrogens is 502 g/mol. The van der Waals surface area contributed by atoms with Crippen LogP contribution in [0.1, 0.15) is 10.6 Å². The van der Waals surface area contributed by atoms with E-state index in [9.17, 15) is 4.79 Å². The van der Waals surface area contributed by atoms with E-state index in [4.69, 9.17) is 19.6 Å². The lowest BCUT2D eigenvalue weighted by Gasteiger charge is -2.09. The molecule has 0 saturated heterocycles. The maximum atomic E-state index is 10.8. The molecule has 5 nitrogen and oxygen atoms in total. The fraction of sp³-hybridized carbons (Fsp3) is 0.133. The van der Waals surface area contributed by atoms with Crippen LogP contribution in [0.5, 0.6) is 11.5 Å². The standard InChI is InChI=1S/C30H25NO4S2/c1-19-15-24(11-14-26(19)35-18-28(32)33)34-17-27-31-29(23-8-7-20-5-3-4-6-22(20)16-23)30(37-27)21-9-12-25(36-2)13-10-21/h3-16H,17-18H2,1-2H3,(H,32,33). The molecule has 0 radical (unpaired) electrons. The number of aliphatic carboxylic acids is 1. The topological polar surface area (TPSA) is 68.7 Å². The van der Waals surface area contributed by atoms with Gasteiger partial charge in [-0.05, 0) is 71.5 Å². The number of ether oxygens (including phenoxy) is 2. The van der Waals surface area contributed by atoms with Gasteiger partial charge in [-0.3, -0.25) is 0 Å². The zero-order valence-corrected chi connectivity index (χ0v) is 22.1. The second-order valence-electron chi connectivity index (χ2n) is 8.47. The minimum absolute atomic E-state index is 0.322. The van der Waals surface area contributed by atoms with Crippen LogP contribution >= 0.6 is 23.1 Å². The monoisotopic (exact) mass is 527 g/mol. The second kappa shape index (κ2) is 11.1. The van der Waals surface area contributed by atoms with Crippen LogP contribution in [0.3, 0.4) is 0 Å². The van der Waals surface area contributed by atoms with E-state index in [2.05, 4.69) is 66.9 Å². The number of thioether (sulfide) groups is 1. The van der Waals surface area contributed by atoms with Crippen LogP contribution in [0.2, 0.25) is 0 Å². The summed E-state index contributed by atoms with van der Waals surface area (Å²) in [6.45, 7) is 1.81. The summed E-state index contributed by atoms with van der Waals surface area (Å²) in [5, 5.41) is 12.1. The van der Waals surface area contributed by atoms with Gasteiger partial charge in [0, 0.05) is 10.5 Å². The van der Waals surface area contributed by atoms with Crippen LogP contribution in [-0.2, 0) is 11.4 Å². The maximum absolute atomic E-state index is 10.8. The zero-order valence-electron chi connectivity index (χ0n) is 20.4. The van der Waals surface area contributed by atoms with Gasteiger partial charge >= 0.3 is 5.97 Å². The van der Waals surface area contributed by atoms with Crippen LogP contribution in [0.4, 0.5) is 0 Å². The van der Waals surface area contributed by atoms with Gasteiger partial charge in [-0.2, -0.15) is 0 Å². The first-order chi connectivity index (χ1) is 18.0. The van der Waals surface area contributed by atoms with E-state index in [-0.39, 0.29) is 6.61 Å². The van der Waals surface area contributed by atoms with Crippen LogP contribution in [0.15, 0.2) is 89.8 Å². The van der Waals surface area contributed by atoms with Gasteiger partial charge in [-0.15, -0.1) is 23.1 Å². The molecule has 0 unspecified atom stereocenters. The first kappa shape index (κ1) is 24.9. The summed E-state index contributed by atoms with van der Waals surface area (Å²) in [7, 11) is 0. The largest absolute Gasteiger partial charge is 0.486 e. The van der Waals surface area contributed by atoms with Crippen LogP contribution in [0, 0.1) is 6.92 Å². The minimum Gasteiger partial charge on any atom is -0.486 e. The summed E-state index contributed by atoms with van der Waals surface area (Å²) in [5.41, 5.74) is 3.95. The Kier molecular flexibility index (Phi) is 7.44. The molecule has 0 aliphatic carbocycles. The first-order valence-corrected chi connectivity index (χ1v) is 13.8. The molecule has 37 heavy (non-hydrogen) atoms. The number of carboxylic acids is 1. The van der Waals surface area contributed by atoms with Gasteiger partial charge in [-0.1, -0.05) is 48.5 Å². The quantitative estimate of drug-likeness (QED) is 0.198. The van der Waals surface area contributed by atoms with Crippen molar-refractivity contribution in [3.05, 3.63) is 95.5 Å². The molecule has 0 aliphatic rings. The molecule has 0 atom stereocenters. The molecule has 0 saturated carbocycles. The Bertz CT molecular complexity index is 1560. The fourth-order valence-corrected chi connectivity index (χ4v) is 5.47. The second-order valence-corrected chi connectivity index (χ2v) is 10.4. The number of fused-ring (bicyclic) bond motifs is 1. The Hall–Kier alpha value is -3.81. The SMILES string of the molecule is CSc1ccc(-c2sc(COc3ccc(OCC(=O)O)c(C)c3)nc2-c2ccc3ccccc3c2)cc1. The van der Waals surface area contributed by atoms with Crippen molar-refractivity contribution < 1.29 is 19.4 Å². The summed E-state index contributed by atoms with van der Waals surface area (Å²) in [6.07, 6.45) is 2.07. The minimum atomic E-state index is -1.01. The lowest BCUT2D eigenvalue weighted by molar-refractivity contribution is -0.139. The van der Waals surface area contributed by atoms with E-state index in [1.54, 1.807) is 35.2 Å². The van der Waals surface area contributed by atoms with Crippen molar-refractivity contribution in [2.24, 2.45) is 0 Å². The highest BCUT2D eigenvalue weighted by molar-refractivity contribution is 7.98. The molecule has 0 fully saturated rings. The third kappa shape index (κ3) is 5.79. The number of carboxylic acid groups (broad SMARTS) is 1. The number of benzene rings is 4. The van der Waals surface area contributed by atoms with Crippen molar-refractivity contribution in [1.82, 2.24) is 4.98 Å². The normalized spacial score (nSPS) is 11.0. The summed E-state index contributed by atoms with van der Waals surface area (Å²) in [6, 6.07) is 28.7. The first-order valence-electron chi connectivity index (χ1n) is 11.7. The molecule has 0 aliphatic heterocycles. The van der Waals surface area contributed by atoms with Gasteiger partial charge in [0.05, 0.1) is 10.6 Å². The van der Waals surface area contributed by atoms with E-state index in [0.717, 1.165) is 32.3 Å². The van der Waals surface area contributed by atoms with Crippen LogP contribution < -0.4 is 9.47 Å². The third-order valence-electron chi connectivity index (χ3n) is 5.91. The number of nitrogens with zero attached hydrogens (tertiary/aromatic N) is 1. The highest BCUT2D eigenvalue weighted by Crippen LogP contribution is 2.39. The number of carbonyl (C=O) groups is 1. The molecule has 0 amide bonds. The predicted octanol–water partition coefficient (Wildman–Crippen LogP) is 7.70. The van der Waals surface area contributed by atoms with Crippen molar-refractivity contribution in [3.8, 4) is 33.2 Å². The molecule has 1 heterocycles. The number of hydrogen-bond donors (Lipinski definition) is 1. The van der Waals surface area contributed by atoms with Crippen molar-refractivity contribution in [2.75, 3.05) is 12.9 Å². The average Bonchev–Trinajstić information content (AvgIpc) is 3.35. The third-order valence-corrected chi connectivity index (χ3v) is 7.73. The molecule has 4 aromatic carbocycles. The number of hydrogen-bond acceptors (Lipinski definition) is 6. The highest BCUT2D eigenvalue weighted by atomic mass is 32.2. The fourth-order valence-electron chi connectivity index (χ4n) is 4.05. The Morgan fingerprint density at radius 1 is 0.919 bits per heavy atom. The van der Waals surface area contributed by atoms with Gasteiger partial charge in [0.15, 0.2) is 6.61 Å². The van der Waals surface area contributed by atoms with Crippen molar-refractivity contribution in [2.45, 2.75) is 18.4 Å². The molecule has 0 spiro atoms. The Morgan fingerprint density at radius 2 is 1.68 bits per heavy atom. The summed E-state index contributed by atoms with van der Waals surface area (Å²) >= 11 is 3.35. The van der Waals surface area contributed by atoms with Crippen molar-refractivity contribution >= 4 is 39.8 Å². The molecule has 1 aromatic heterocycles. The molecule has 5 rings (SSSR count). The number of thiazole rings is 1. The molecule has 1 N–H and O–H groups in total. The molecule has 0 bridgehead atoms. The number of aromatic nitrogens is 1. The van der Waals surface area contributed by atoms with E-state index in [1.807, 2.05) is 19.1 Å². The van der Waals surface area contributed by atoms with Crippen molar-refractivity contribution in [1.29, 1.82) is 0 Å². The lowest BCUT2D eigenvalue weighted by Crippen LogP contribution is -2.10. The summed E-state index contributed by atoms with van der Waals surface area (Å²) < 4.78 is 11.4. The molecule has 5 aromatic rings. The summed E-state index contributed by atoms with van der Waals surface area (Å²) in [4.78, 5) is 18.1. The van der Waals surface area contributed by atoms with Gasteiger partial charge in [0.1, 0.15) is 23.1 Å². The molecule has 7 heteroatoms. The van der Waals surface area contributed by atoms with Crippen LogP contribution in [0.25, 0.3) is 32.5 Å². The van der Waals surface area contributed by atoms with E-state index < -0.39 is 5.97 Å². The van der Waals surface area contributed by atoms with E-state index >= 15 is 0 Å². The Morgan fingerprint density at radius 3 is 2.41 bits per heavy atom. The maximum Gasteiger partial charge on any atom is 0.341 e. The number of rotatable bonds is 9. The van der Waals surface area contributed by atoms with Gasteiger partial charge in [0.25, 0.3) is 0 Å². The van der Waals surface area contributed by atoms with E-state index in [0.29, 0.717) is 18.1 Å². The average molecular weight is 528 g/mol.